The number of ether oxygens (including phenoxy) is 1. The number of nitrogens with one attached hydrogen (secondary N) is 1. The minimum Gasteiger partial charge on any atom is -0.462 e. The van der Waals surface area contributed by atoms with E-state index in [1.165, 1.54) is 30.3 Å². The highest BCUT2D eigenvalue weighted by Crippen LogP contribution is 2.20. The summed E-state index contributed by atoms with van der Waals surface area (Å²) in [7, 11) is -3.86. The van der Waals surface area contributed by atoms with E-state index in [1.54, 1.807) is 30.0 Å². The first-order valence-corrected chi connectivity index (χ1v) is 10.6. The third-order valence-electron chi connectivity index (χ3n) is 4.43. The van der Waals surface area contributed by atoms with E-state index in [4.69, 9.17) is 4.74 Å². The molecule has 0 spiro atoms. The molecule has 8 heteroatoms. The van der Waals surface area contributed by atoms with Crippen LogP contribution in [0, 0.1) is 0 Å². The number of carbonyl (C=O) groups is 2. The zero-order chi connectivity index (χ0) is 20.1. The molecule has 3 rings (SSSR count). The predicted molar refractivity (Wildman–Crippen MR) is 105 cm³/mol. The fourth-order valence-corrected chi connectivity index (χ4v) is 4.07. The maximum atomic E-state index is 12.6. The Morgan fingerprint density at radius 3 is 2.36 bits per heavy atom. The predicted octanol–water partition coefficient (Wildman–Crippen LogP) is 2.90. The van der Waals surface area contributed by atoms with Gasteiger partial charge in [-0.05, 0) is 62.2 Å². The Labute approximate surface area is 164 Å². The molecule has 1 aliphatic rings. The Morgan fingerprint density at radius 1 is 1.04 bits per heavy atom. The molecule has 28 heavy (non-hydrogen) atoms. The molecule has 1 aliphatic heterocycles. The van der Waals surface area contributed by atoms with Crippen LogP contribution in [0.3, 0.4) is 0 Å². The van der Waals surface area contributed by atoms with E-state index in [1.807, 2.05) is 0 Å². The van der Waals surface area contributed by atoms with Gasteiger partial charge in [0.05, 0.1) is 17.1 Å². The molecule has 1 fully saturated rings. The standard InChI is InChI=1S/C20H22N2O5S/c1-2-27-20(24)15-8-10-18(11-9-15)28(25,26)21-17-7-5-6-16(14-17)19(23)22-12-3-4-13-22/h5-11,14,21H,2-4,12-13H2,1H3. The van der Waals surface area contributed by atoms with Crippen molar-refractivity contribution in [3.63, 3.8) is 0 Å². The molecule has 0 aliphatic carbocycles. The number of carbonyl (C=O) groups excluding carboxylic acids is 2. The lowest BCUT2D eigenvalue weighted by Gasteiger charge is -2.16. The molecule has 0 saturated carbocycles. The van der Waals surface area contributed by atoms with Crippen LogP contribution in [-0.2, 0) is 14.8 Å². The summed E-state index contributed by atoms with van der Waals surface area (Å²) in [6.45, 7) is 3.39. The third-order valence-corrected chi connectivity index (χ3v) is 5.83. The summed E-state index contributed by atoms with van der Waals surface area (Å²) < 4.78 is 32.6. The minimum absolute atomic E-state index is 0.0109. The number of amides is 1. The summed E-state index contributed by atoms with van der Waals surface area (Å²) in [5.41, 5.74) is 1.03. The summed E-state index contributed by atoms with van der Waals surface area (Å²) in [6, 6.07) is 11.9. The minimum atomic E-state index is -3.86. The Morgan fingerprint density at radius 2 is 1.71 bits per heavy atom. The first kappa shape index (κ1) is 19.9. The number of hydrogen-bond acceptors (Lipinski definition) is 5. The van der Waals surface area contributed by atoms with Gasteiger partial charge in [0.2, 0.25) is 0 Å². The van der Waals surface area contributed by atoms with Crippen molar-refractivity contribution < 1.29 is 22.7 Å². The zero-order valence-corrected chi connectivity index (χ0v) is 16.4. The molecule has 1 heterocycles. The van der Waals surface area contributed by atoms with Crippen LogP contribution < -0.4 is 4.72 Å². The largest absolute Gasteiger partial charge is 0.462 e. The van der Waals surface area contributed by atoms with Gasteiger partial charge in [0, 0.05) is 24.3 Å². The number of nitrogens with zero attached hydrogens (tertiary/aromatic N) is 1. The maximum Gasteiger partial charge on any atom is 0.338 e. The van der Waals surface area contributed by atoms with Gasteiger partial charge in [-0.1, -0.05) is 6.07 Å². The Hall–Kier alpha value is -2.87. The number of rotatable bonds is 6. The monoisotopic (exact) mass is 402 g/mol. The van der Waals surface area contributed by atoms with Gasteiger partial charge in [-0.15, -0.1) is 0 Å². The van der Waals surface area contributed by atoms with E-state index in [2.05, 4.69) is 4.72 Å². The highest BCUT2D eigenvalue weighted by atomic mass is 32.2. The lowest BCUT2D eigenvalue weighted by molar-refractivity contribution is 0.0526. The quantitative estimate of drug-likeness (QED) is 0.750. The fourth-order valence-electron chi connectivity index (χ4n) is 3.02. The van der Waals surface area contributed by atoms with Crippen molar-refractivity contribution in [2.75, 3.05) is 24.4 Å². The van der Waals surface area contributed by atoms with Gasteiger partial charge in [0.1, 0.15) is 0 Å². The van der Waals surface area contributed by atoms with Gasteiger partial charge in [-0.25, -0.2) is 13.2 Å². The molecule has 0 unspecified atom stereocenters. The molecule has 0 aromatic heterocycles. The van der Waals surface area contributed by atoms with Crippen LogP contribution in [0.4, 0.5) is 5.69 Å². The second kappa shape index (κ2) is 8.43. The van der Waals surface area contributed by atoms with Crippen LogP contribution in [0.1, 0.15) is 40.5 Å². The van der Waals surface area contributed by atoms with E-state index in [9.17, 15) is 18.0 Å². The Bertz CT molecular complexity index is 964. The van der Waals surface area contributed by atoms with E-state index in [-0.39, 0.29) is 23.0 Å². The molecule has 0 atom stereocenters. The van der Waals surface area contributed by atoms with E-state index >= 15 is 0 Å². The van der Waals surface area contributed by atoms with Gasteiger partial charge in [-0.2, -0.15) is 0 Å². The molecule has 7 nitrogen and oxygen atoms in total. The van der Waals surface area contributed by atoms with Gasteiger partial charge in [0.25, 0.3) is 15.9 Å². The summed E-state index contributed by atoms with van der Waals surface area (Å²) in [5.74, 6) is -0.607. The summed E-state index contributed by atoms with van der Waals surface area (Å²) in [4.78, 5) is 26.0. The van der Waals surface area contributed by atoms with Crippen LogP contribution in [-0.4, -0.2) is 44.9 Å². The topological polar surface area (TPSA) is 92.8 Å². The van der Waals surface area contributed by atoms with Gasteiger partial charge in [-0.3, -0.25) is 9.52 Å². The van der Waals surface area contributed by atoms with Crippen molar-refractivity contribution in [1.29, 1.82) is 0 Å². The average Bonchev–Trinajstić information content (AvgIpc) is 3.22. The Balaban J connectivity index is 1.76. The number of sulfonamides is 1. The van der Waals surface area contributed by atoms with E-state index in [0.717, 1.165) is 25.9 Å². The lowest BCUT2D eigenvalue weighted by atomic mass is 10.2. The summed E-state index contributed by atoms with van der Waals surface area (Å²) in [6.07, 6.45) is 1.97. The highest BCUT2D eigenvalue weighted by Gasteiger charge is 2.21. The van der Waals surface area contributed by atoms with Crippen molar-refractivity contribution in [2.45, 2.75) is 24.7 Å². The fraction of sp³-hybridized carbons (Fsp3) is 0.300. The van der Waals surface area contributed by atoms with Crippen molar-refractivity contribution in [3.05, 3.63) is 59.7 Å². The number of esters is 1. The van der Waals surface area contributed by atoms with Crippen LogP contribution in [0.2, 0.25) is 0 Å². The molecule has 1 N–H and O–H groups in total. The molecule has 2 aromatic rings. The number of hydrogen-bond donors (Lipinski definition) is 1. The van der Waals surface area contributed by atoms with Crippen molar-refractivity contribution in [1.82, 2.24) is 4.90 Å². The molecule has 2 aromatic carbocycles. The second-order valence-corrected chi connectivity index (χ2v) is 8.11. The summed E-state index contributed by atoms with van der Waals surface area (Å²) in [5, 5.41) is 0. The molecule has 0 radical (unpaired) electrons. The second-order valence-electron chi connectivity index (χ2n) is 6.43. The zero-order valence-electron chi connectivity index (χ0n) is 15.6. The van der Waals surface area contributed by atoms with Gasteiger partial charge in [0.15, 0.2) is 0 Å². The van der Waals surface area contributed by atoms with Gasteiger partial charge >= 0.3 is 5.97 Å². The molecule has 148 valence electrons. The van der Waals surface area contributed by atoms with E-state index in [0.29, 0.717) is 11.3 Å². The molecular formula is C20H22N2O5S. The number of benzene rings is 2. The average molecular weight is 402 g/mol. The normalized spacial score (nSPS) is 14.0. The van der Waals surface area contributed by atoms with E-state index < -0.39 is 16.0 Å². The molecular weight excluding hydrogens is 380 g/mol. The van der Waals surface area contributed by atoms with Crippen LogP contribution in [0.25, 0.3) is 0 Å². The van der Waals surface area contributed by atoms with Crippen LogP contribution in [0.15, 0.2) is 53.4 Å². The third kappa shape index (κ3) is 4.51. The lowest BCUT2D eigenvalue weighted by Crippen LogP contribution is -2.27. The summed E-state index contributed by atoms with van der Waals surface area (Å²) >= 11 is 0. The van der Waals surface area contributed by atoms with Crippen molar-refractivity contribution in [3.8, 4) is 0 Å². The van der Waals surface area contributed by atoms with Crippen LogP contribution in [0.5, 0.6) is 0 Å². The van der Waals surface area contributed by atoms with Crippen molar-refractivity contribution in [2.24, 2.45) is 0 Å². The smallest absolute Gasteiger partial charge is 0.338 e. The first-order chi connectivity index (χ1) is 13.4. The Kier molecular flexibility index (Phi) is 5.99. The number of anilines is 1. The van der Waals surface area contributed by atoms with Crippen molar-refractivity contribution >= 4 is 27.6 Å². The van der Waals surface area contributed by atoms with Gasteiger partial charge < -0.3 is 9.64 Å². The number of likely N-dealkylation sites (tertiary alicyclic amines) is 1. The molecule has 1 saturated heterocycles. The SMILES string of the molecule is CCOC(=O)c1ccc(S(=O)(=O)Nc2cccc(C(=O)N3CCCC3)c2)cc1. The van der Waals surface area contributed by atoms with Crippen LogP contribution >= 0.6 is 0 Å². The molecule has 0 bridgehead atoms. The maximum absolute atomic E-state index is 12.6. The molecule has 1 amide bonds. The highest BCUT2D eigenvalue weighted by molar-refractivity contribution is 7.92. The first-order valence-electron chi connectivity index (χ1n) is 9.10.